The average molecular weight is 373 g/mol. The lowest BCUT2D eigenvalue weighted by molar-refractivity contribution is -0.143. The summed E-state index contributed by atoms with van der Waals surface area (Å²) in [7, 11) is 0. The number of nitrogens with one attached hydrogen (secondary N) is 2. The van der Waals surface area contributed by atoms with E-state index < -0.39 is 11.9 Å². The summed E-state index contributed by atoms with van der Waals surface area (Å²) >= 11 is 0. The monoisotopic (exact) mass is 373 g/mol. The summed E-state index contributed by atoms with van der Waals surface area (Å²) in [6, 6.07) is 19.0. The SMILES string of the molecule is Cc1nc(C(=O)NCC(=O)OCc2ccccc2)cc2c1[nH]c1ccccc12. The predicted octanol–water partition coefficient (Wildman–Crippen LogP) is 3.50. The second kappa shape index (κ2) is 7.52. The van der Waals surface area contributed by atoms with Gasteiger partial charge in [0.25, 0.3) is 5.91 Å². The quantitative estimate of drug-likeness (QED) is 0.525. The number of fused-ring (bicyclic) bond motifs is 3. The molecule has 2 aromatic carbocycles. The predicted molar refractivity (Wildman–Crippen MR) is 107 cm³/mol. The number of amides is 1. The molecule has 2 aromatic heterocycles. The van der Waals surface area contributed by atoms with Crippen LogP contribution in [-0.4, -0.2) is 28.4 Å². The highest BCUT2D eigenvalue weighted by molar-refractivity contribution is 6.10. The number of benzene rings is 2. The summed E-state index contributed by atoms with van der Waals surface area (Å²) in [5.41, 5.74) is 3.78. The van der Waals surface area contributed by atoms with E-state index in [1.807, 2.05) is 61.5 Å². The minimum atomic E-state index is -0.498. The highest BCUT2D eigenvalue weighted by Gasteiger charge is 2.15. The summed E-state index contributed by atoms with van der Waals surface area (Å²) in [6.07, 6.45) is 0. The van der Waals surface area contributed by atoms with Crippen molar-refractivity contribution < 1.29 is 14.3 Å². The van der Waals surface area contributed by atoms with Crippen LogP contribution in [0.2, 0.25) is 0 Å². The van der Waals surface area contributed by atoms with E-state index in [1.165, 1.54) is 0 Å². The largest absolute Gasteiger partial charge is 0.460 e. The molecule has 0 fully saturated rings. The van der Waals surface area contributed by atoms with Gasteiger partial charge in [0.05, 0.1) is 11.2 Å². The molecule has 0 aliphatic carbocycles. The zero-order valence-electron chi connectivity index (χ0n) is 15.4. The van der Waals surface area contributed by atoms with Gasteiger partial charge in [0.1, 0.15) is 18.8 Å². The third kappa shape index (κ3) is 3.57. The zero-order valence-corrected chi connectivity index (χ0v) is 15.4. The van der Waals surface area contributed by atoms with Crippen molar-refractivity contribution >= 4 is 33.7 Å². The molecule has 0 radical (unpaired) electrons. The van der Waals surface area contributed by atoms with E-state index in [0.29, 0.717) is 0 Å². The number of pyridine rings is 1. The van der Waals surface area contributed by atoms with Gasteiger partial charge in [0.15, 0.2) is 0 Å². The van der Waals surface area contributed by atoms with Crippen molar-refractivity contribution in [2.75, 3.05) is 6.54 Å². The van der Waals surface area contributed by atoms with Crippen molar-refractivity contribution in [3.8, 4) is 0 Å². The van der Waals surface area contributed by atoms with Crippen LogP contribution in [0.1, 0.15) is 21.7 Å². The lowest BCUT2D eigenvalue weighted by Crippen LogP contribution is -2.31. The van der Waals surface area contributed by atoms with Crippen LogP contribution in [0.4, 0.5) is 0 Å². The zero-order chi connectivity index (χ0) is 19.5. The summed E-state index contributed by atoms with van der Waals surface area (Å²) < 4.78 is 5.17. The Labute approximate surface area is 161 Å². The van der Waals surface area contributed by atoms with E-state index in [4.69, 9.17) is 4.74 Å². The molecule has 28 heavy (non-hydrogen) atoms. The Kier molecular flexibility index (Phi) is 4.76. The van der Waals surface area contributed by atoms with Gasteiger partial charge in [-0.1, -0.05) is 48.5 Å². The fourth-order valence-electron chi connectivity index (χ4n) is 3.15. The minimum Gasteiger partial charge on any atom is -0.460 e. The van der Waals surface area contributed by atoms with Crippen molar-refractivity contribution in [1.82, 2.24) is 15.3 Å². The number of para-hydroxylation sites is 1. The van der Waals surface area contributed by atoms with Crippen LogP contribution in [0.25, 0.3) is 21.8 Å². The Hall–Kier alpha value is -3.67. The molecule has 0 unspecified atom stereocenters. The van der Waals surface area contributed by atoms with Crippen molar-refractivity contribution in [3.05, 3.63) is 77.6 Å². The average Bonchev–Trinajstić information content (AvgIpc) is 3.10. The first-order valence-electron chi connectivity index (χ1n) is 8.97. The first-order valence-corrected chi connectivity index (χ1v) is 8.97. The summed E-state index contributed by atoms with van der Waals surface area (Å²) in [5.74, 6) is -0.908. The number of aromatic amines is 1. The van der Waals surface area contributed by atoms with E-state index in [-0.39, 0.29) is 18.8 Å². The number of rotatable bonds is 5. The van der Waals surface area contributed by atoms with Gasteiger partial charge in [0, 0.05) is 16.3 Å². The Bertz CT molecular complexity index is 1170. The second-order valence-electron chi connectivity index (χ2n) is 6.52. The van der Waals surface area contributed by atoms with E-state index in [0.717, 1.165) is 33.1 Å². The molecule has 6 nitrogen and oxygen atoms in total. The van der Waals surface area contributed by atoms with Crippen molar-refractivity contribution in [1.29, 1.82) is 0 Å². The molecule has 4 aromatic rings. The van der Waals surface area contributed by atoms with Gasteiger partial charge >= 0.3 is 5.97 Å². The van der Waals surface area contributed by atoms with Crippen LogP contribution >= 0.6 is 0 Å². The molecule has 4 rings (SSSR count). The first kappa shape index (κ1) is 17.7. The highest BCUT2D eigenvalue weighted by Crippen LogP contribution is 2.27. The van der Waals surface area contributed by atoms with Crippen molar-refractivity contribution in [2.45, 2.75) is 13.5 Å². The number of ether oxygens (including phenoxy) is 1. The molecule has 2 heterocycles. The third-order valence-corrected chi connectivity index (χ3v) is 4.55. The number of H-pyrrole nitrogens is 1. The Balaban J connectivity index is 1.45. The van der Waals surface area contributed by atoms with Crippen molar-refractivity contribution in [2.24, 2.45) is 0 Å². The van der Waals surface area contributed by atoms with Gasteiger partial charge in [-0.25, -0.2) is 4.98 Å². The smallest absolute Gasteiger partial charge is 0.325 e. The maximum absolute atomic E-state index is 12.5. The molecule has 2 N–H and O–H groups in total. The fraction of sp³-hybridized carbons (Fsp3) is 0.136. The molecule has 6 heteroatoms. The van der Waals surface area contributed by atoms with Crippen molar-refractivity contribution in [3.63, 3.8) is 0 Å². The van der Waals surface area contributed by atoms with Crippen LogP contribution in [-0.2, 0) is 16.1 Å². The molecule has 0 aliphatic rings. The van der Waals surface area contributed by atoms with E-state index in [9.17, 15) is 9.59 Å². The van der Waals surface area contributed by atoms with E-state index >= 15 is 0 Å². The normalized spacial score (nSPS) is 10.9. The minimum absolute atomic E-state index is 0.175. The molecule has 0 bridgehead atoms. The highest BCUT2D eigenvalue weighted by atomic mass is 16.5. The molecule has 0 atom stereocenters. The van der Waals surface area contributed by atoms with Gasteiger partial charge in [0.2, 0.25) is 0 Å². The third-order valence-electron chi connectivity index (χ3n) is 4.55. The van der Waals surface area contributed by atoms with Gasteiger partial charge in [-0.2, -0.15) is 0 Å². The topological polar surface area (TPSA) is 84.1 Å². The summed E-state index contributed by atoms with van der Waals surface area (Å²) in [5, 5.41) is 4.54. The molecule has 1 amide bonds. The molecule has 0 saturated carbocycles. The molecule has 0 aliphatic heterocycles. The number of hydrogen-bond acceptors (Lipinski definition) is 4. The molecule has 0 spiro atoms. The first-order chi connectivity index (χ1) is 13.6. The molecule has 140 valence electrons. The van der Waals surface area contributed by atoms with Gasteiger partial charge in [-0.15, -0.1) is 0 Å². The Morgan fingerprint density at radius 3 is 2.61 bits per heavy atom. The van der Waals surface area contributed by atoms with Crippen LogP contribution in [0.3, 0.4) is 0 Å². The molecular weight excluding hydrogens is 354 g/mol. The number of hydrogen-bond donors (Lipinski definition) is 2. The maximum Gasteiger partial charge on any atom is 0.325 e. The van der Waals surface area contributed by atoms with E-state index in [2.05, 4.69) is 15.3 Å². The van der Waals surface area contributed by atoms with E-state index in [1.54, 1.807) is 6.07 Å². The second-order valence-corrected chi connectivity index (χ2v) is 6.52. The van der Waals surface area contributed by atoms with Gasteiger partial charge in [-0.3, -0.25) is 9.59 Å². The number of aryl methyl sites for hydroxylation is 1. The maximum atomic E-state index is 12.5. The number of esters is 1. The number of carbonyl (C=O) groups excluding carboxylic acids is 2. The number of aromatic nitrogens is 2. The molecular formula is C22H19N3O3. The lowest BCUT2D eigenvalue weighted by Gasteiger charge is -2.07. The molecule has 0 saturated heterocycles. The van der Waals surface area contributed by atoms with Gasteiger partial charge in [-0.05, 0) is 24.6 Å². The summed E-state index contributed by atoms with van der Waals surface area (Å²) in [6.45, 7) is 1.81. The van der Waals surface area contributed by atoms with Crippen LogP contribution in [0.5, 0.6) is 0 Å². The number of carbonyl (C=O) groups is 2. The van der Waals surface area contributed by atoms with Crippen LogP contribution in [0.15, 0.2) is 60.7 Å². The van der Waals surface area contributed by atoms with Gasteiger partial charge < -0.3 is 15.0 Å². The Morgan fingerprint density at radius 2 is 1.79 bits per heavy atom. The fourth-order valence-corrected chi connectivity index (χ4v) is 3.15. The standard InChI is InChI=1S/C22H19N3O3/c1-14-21-17(16-9-5-6-10-18(16)25-21)11-19(24-14)22(27)23-12-20(26)28-13-15-7-3-2-4-8-15/h2-11,25H,12-13H2,1H3,(H,23,27). The Morgan fingerprint density at radius 1 is 1.04 bits per heavy atom. The summed E-state index contributed by atoms with van der Waals surface area (Å²) in [4.78, 5) is 32.1. The van der Waals surface area contributed by atoms with Crippen LogP contribution in [0, 0.1) is 6.92 Å². The van der Waals surface area contributed by atoms with Crippen LogP contribution < -0.4 is 5.32 Å². The number of nitrogens with zero attached hydrogens (tertiary/aromatic N) is 1. The lowest BCUT2D eigenvalue weighted by atomic mass is 10.1.